The topological polar surface area (TPSA) is 71.1 Å². The first kappa shape index (κ1) is 19.6. The molecule has 2 amide bonds. The van der Waals surface area contributed by atoms with Crippen LogP contribution in [0.1, 0.15) is 20.3 Å². The lowest BCUT2D eigenvalue weighted by Crippen LogP contribution is -2.42. The monoisotopic (exact) mass is 375 g/mol. The van der Waals surface area contributed by atoms with Crippen LogP contribution in [0.2, 0.25) is 0 Å². The first-order chi connectivity index (χ1) is 13.0. The molecule has 0 saturated carbocycles. The predicted molar refractivity (Wildman–Crippen MR) is 103 cm³/mol. The van der Waals surface area contributed by atoms with E-state index in [-0.39, 0.29) is 30.3 Å². The van der Waals surface area contributed by atoms with Crippen molar-refractivity contribution in [1.29, 1.82) is 0 Å². The van der Waals surface area contributed by atoms with Crippen molar-refractivity contribution in [3.63, 3.8) is 0 Å². The first-order valence-corrected chi connectivity index (χ1v) is 9.66. The minimum Gasteiger partial charge on any atom is -0.491 e. The maximum atomic E-state index is 12.5. The van der Waals surface area contributed by atoms with Crippen molar-refractivity contribution in [2.24, 2.45) is 5.92 Å². The molecule has 0 bridgehead atoms. The number of amides is 2. The van der Waals surface area contributed by atoms with Crippen LogP contribution in [-0.2, 0) is 14.3 Å². The fraction of sp³-hybridized carbons (Fsp3) is 0.600. The van der Waals surface area contributed by atoms with Crippen molar-refractivity contribution in [2.45, 2.75) is 26.4 Å². The van der Waals surface area contributed by atoms with Crippen molar-refractivity contribution >= 4 is 17.5 Å². The summed E-state index contributed by atoms with van der Waals surface area (Å²) in [5.74, 6) is 0.431. The van der Waals surface area contributed by atoms with E-state index in [4.69, 9.17) is 9.47 Å². The molecule has 3 rings (SSSR count). The van der Waals surface area contributed by atoms with Gasteiger partial charge in [0, 0.05) is 44.8 Å². The van der Waals surface area contributed by atoms with Crippen molar-refractivity contribution in [1.82, 2.24) is 9.80 Å². The Hall–Kier alpha value is -2.12. The Morgan fingerprint density at radius 2 is 1.93 bits per heavy atom. The molecule has 2 fully saturated rings. The first-order valence-electron chi connectivity index (χ1n) is 9.66. The number of carbonyl (C=O) groups excluding carboxylic acids is 2. The van der Waals surface area contributed by atoms with E-state index in [2.05, 4.69) is 10.2 Å². The number of hydrogen-bond acceptors (Lipinski definition) is 5. The lowest BCUT2D eigenvalue weighted by molar-refractivity contribution is -0.128. The zero-order valence-corrected chi connectivity index (χ0v) is 16.1. The van der Waals surface area contributed by atoms with Crippen LogP contribution in [0.4, 0.5) is 5.69 Å². The standard InChI is InChI=1S/C20H29N3O4/c1-15(2)27-18-5-3-17(4-6-18)21-20(25)16-13-19(24)23(14-16)8-7-22-9-11-26-12-10-22/h3-6,15-16H,7-14H2,1-2H3,(H,21,25). The molecule has 0 aromatic heterocycles. The molecule has 1 aromatic carbocycles. The second-order valence-corrected chi connectivity index (χ2v) is 7.38. The Morgan fingerprint density at radius 3 is 2.59 bits per heavy atom. The van der Waals surface area contributed by atoms with Gasteiger partial charge in [-0.3, -0.25) is 14.5 Å². The Morgan fingerprint density at radius 1 is 1.22 bits per heavy atom. The molecule has 0 radical (unpaired) electrons. The number of morpholine rings is 1. The van der Waals surface area contributed by atoms with E-state index in [9.17, 15) is 9.59 Å². The number of carbonyl (C=O) groups is 2. The van der Waals surface area contributed by atoms with Crippen LogP contribution < -0.4 is 10.1 Å². The van der Waals surface area contributed by atoms with Gasteiger partial charge in [0.2, 0.25) is 11.8 Å². The van der Waals surface area contributed by atoms with Crippen LogP contribution in [0.25, 0.3) is 0 Å². The molecule has 27 heavy (non-hydrogen) atoms. The molecule has 1 N–H and O–H groups in total. The molecule has 148 valence electrons. The maximum Gasteiger partial charge on any atom is 0.229 e. The Bertz CT molecular complexity index is 641. The Kier molecular flexibility index (Phi) is 6.68. The van der Waals surface area contributed by atoms with Gasteiger partial charge in [-0.1, -0.05) is 0 Å². The van der Waals surface area contributed by atoms with Crippen LogP contribution in [0.5, 0.6) is 5.75 Å². The van der Waals surface area contributed by atoms with Gasteiger partial charge < -0.3 is 19.7 Å². The number of benzene rings is 1. The predicted octanol–water partition coefficient (Wildman–Crippen LogP) is 1.59. The fourth-order valence-corrected chi connectivity index (χ4v) is 3.38. The summed E-state index contributed by atoms with van der Waals surface area (Å²) in [6.45, 7) is 9.24. The van der Waals surface area contributed by atoms with Gasteiger partial charge in [0.05, 0.1) is 25.2 Å². The number of rotatable bonds is 7. The van der Waals surface area contributed by atoms with Gasteiger partial charge in [-0.2, -0.15) is 0 Å². The number of hydrogen-bond donors (Lipinski definition) is 1. The van der Waals surface area contributed by atoms with Gasteiger partial charge in [-0.05, 0) is 38.1 Å². The molecule has 1 unspecified atom stereocenters. The fourth-order valence-electron chi connectivity index (χ4n) is 3.38. The zero-order valence-electron chi connectivity index (χ0n) is 16.1. The highest BCUT2D eigenvalue weighted by Gasteiger charge is 2.34. The summed E-state index contributed by atoms with van der Waals surface area (Å²) in [5.41, 5.74) is 0.718. The lowest BCUT2D eigenvalue weighted by atomic mass is 10.1. The minimum atomic E-state index is -0.297. The van der Waals surface area contributed by atoms with Gasteiger partial charge in [-0.25, -0.2) is 0 Å². The second kappa shape index (κ2) is 9.19. The smallest absolute Gasteiger partial charge is 0.229 e. The van der Waals surface area contributed by atoms with E-state index in [0.717, 1.165) is 44.3 Å². The second-order valence-electron chi connectivity index (χ2n) is 7.38. The van der Waals surface area contributed by atoms with Crippen LogP contribution >= 0.6 is 0 Å². The number of likely N-dealkylation sites (tertiary alicyclic amines) is 1. The summed E-state index contributed by atoms with van der Waals surface area (Å²) in [5, 5.41) is 2.91. The highest BCUT2D eigenvalue weighted by Crippen LogP contribution is 2.21. The average molecular weight is 375 g/mol. The van der Waals surface area contributed by atoms with E-state index in [1.165, 1.54) is 0 Å². The highest BCUT2D eigenvalue weighted by atomic mass is 16.5. The summed E-state index contributed by atoms with van der Waals surface area (Å²) in [6.07, 6.45) is 0.391. The summed E-state index contributed by atoms with van der Waals surface area (Å²) < 4.78 is 10.9. The van der Waals surface area contributed by atoms with Gasteiger partial charge in [0.1, 0.15) is 5.75 Å². The van der Waals surface area contributed by atoms with Crippen molar-refractivity contribution in [3.8, 4) is 5.75 Å². The summed E-state index contributed by atoms with van der Waals surface area (Å²) in [4.78, 5) is 28.9. The zero-order chi connectivity index (χ0) is 19.2. The molecule has 2 heterocycles. The Labute approximate surface area is 160 Å². The molecule has 2 aliphatic heterocycles. The molecule has 0 aliphatic carbocycles. The third-order valence-electron chi connectivity index (χ3n) is 4.87. The summed E-state index contributed by atoms with van der Waals surface area (Å²) in [6, 6.07) is 7.32. The van der Waals surface area contributed by atoms with E-state index < -0.39 is 0 Å². The van der Waals surface area contributed by atoms with E-state index in [0.29, 0.717) is 13.1 Å². The molecular weight excluding hydrogens is 346 g/mol. The SMILES string of the molecule is CC(C)Oc1ccc(NC(=O)C2CC(=O)N(CCN3CCOCC3)C2)cc1. The summed E-state index contributed by atoms with van der Waals surface area (Å²) in [7, 11) is 0. The molecule has 2 saturated heterocycles. The van der Waals surface area contributed by atoms with Crippen LogP contribution in [0, 0.1) is 5.92 Å². The van der Waals surface area contributed by atoms with Gasteiger partial charge in [0.15, 0.2) is 0 Å². The third kappa shape index (κ3) is 5.68. The van der Waals surface area contributed by atoms with E-state index in [1.807, 2.05) is 38.1 Å². The third-order valence-corrected chi connectivity index (χ3v) is 4.87. The number of nitrogens with one attached hydrogen (secondary N) is 1. The largest absolute Gasteiger partial charge is 0.491 e. The van der Waals surface area contributed by atoms with E-state index >= 15 is 0 Å². The van der Waals surface area contributed by atoms with Crippen molar-refractivity contribution in [2.75, 3.05) is 51.3 Å². The van der Waals surface area contributed by atoms with E-state index in [1.54, 1.807) is 4.90 Å². The minimum absolute atomic E-state index is 0.0593. The normalized spacial score (nSPS) is 20.9. The van der Waals surface area contributed by atoms with Crippen molar-refractivity contribution in [3.05, 3.63) is 24.3 Å². The van der Waals surface area contributed by atoms with Crippen LogP contribution in [0.3, 0.4) is 0 Å². The quantitative estimate of drug-likeness (QED) is 0.784. The highest BCUT2D eigenvalue weighted by molar-refractivity contribution is 5.97. The maximum absolute atomic E-state index is 12.5. The number of ether oxygens (including phenoxy) is 2. The Balaban J connectivity index is 1.46. The van der Waals surface area contributed by atoms with Crippen LogP contribution in [0.15, 0.2) is 24.3 Å². The molecule has 7 heteroatoms. The number of nitrogens with zero attached hydrogens (tertiary/aromatic N) is 2. The molecular formula is C20H29N3O4. The van der Waals surface area contributed by atoms with Gasteiger partial charge >= 0.3 is 0 Å². The molecule has 1 aromatic rings. The molecule has 0 spiro atoms. The van der Waals surface area contributed by atoms with Gasteiger partial charge in [0.25, 0.3) is 0 Å². The molecule has 7 nitrogen and oxygen atoms in total. The number of anilines is 1. The van der Waals surface area contributed by atoms with Crippen molar-refractivity contribution < 1.29 is 19.1 Å². The van der Waals surface area contributed by atoms with Gasteiger partial charge in [-0.15, -0.1) is 0 Å². The average Bonchev–Trinajstić information content (AvgIpc) is 3.03. The van der Waals surface area contributed by atoms with Crippen LogP contribution in [-0.4, -0.2) is 73.7 Å². The molecule has 2 aliphatic rings. The molecule has 1 atom stereocenters. The lowest BCUT2D eigenvalue weighted by Gasteiger charge is -2.28. The summed E-state index contributed by atoms with van der Waals surface area (Å²) >= 11 is 0.